The zero-order valence-electron chi connectivity index (χ0n) is 7.07. The molecule has 4 heteroatoms. The largest absolute Gasteiger partial charge is 0.391 e. The number of rotatable bonds is 1. The fourth-order valence-corrected chi connectivity index (χ4v) is 3.15. The van der Waals surface area contributed by atoms with Crippen LogP contribution in [-0.2, 0) is 0 Å². The van der Waals surface area contributed by atoms with Crippen molar-refractivity contribution in [3.8, 4) is 0 Å². The third kappa shape index (κ3) is 1.66. The van der Waals surface area contributed by atoms with Crippen LogP contribution >= 0.6 is 35.7 Å². The molecule has 2 rings (SSSR count). The molecule has 1 heterocycles. The van der Waals surface area contributed by atoms with Gasteiger partial charge in [-0.3, -0.25) is 0 Å². The third-order valence-corrected chi connectivity index (χ3v) is 4.06. The molecular weight excluding hydrogens is 218 g/mol. The van der Waals surface area contributed by atoms with Crippen LogP contribution in [0.4, 0.5) is 5.00 Å². The summed E-state index contributed by atoms with van der Waals surface area (Å²) in [5.74, 6) is 0. The van der Waals surface area contributed by atoms with E-state index in [4.69, 9.17) is 5.73 Å². The monoisotopic (exact) mass is 227 g/mol. The van der Waals surface area contributed by atoms with Crippen molar-refractivity contribution in [3.63, 3.8) is 0 Å². The number of nitrogens with two attached hydrogens (primary N) is 1. The van der Waals surface area contributed by atoms with Crippen LogP contribution in [0, 0.1) is 0 Å². The lowest BCUT2D eigenvalue weighted by Crippen LogP contribution is -1.73. The Balaban J connectivity index is 2.72. The van der Waals surface area contributed by atoms with Crippen molar-refractivity contribution >= 4 is 50.8 Å². The van der Waals surface area contributed by atoms with Crippen molar-refractivity contribution < 1.29 is 0 Å². The summed E-state index contributed by atoms with van der Waals surface area (Å²) in [4.78, 5) is 2.23. The second-order valence-corrected chi connectivity index (χ2v) is 5.16. The van der Waals surface area contributed by atoms with Gasteiger partial charge in [-0.2, -0.15) is 0 Å². The highest BCUT2D eigenvalue weighted by molar-refractivity contribution is 7.99. The van der Waals surface area contributed by atoms with Crippen LogP contribution in [0.3, 0.4) is 0 Å². The third-order valence-electron chi connectivity index (χ3n) is 1.84. The number of hydrogen-bond acceptors (Lipinski definition) is 4. The summed E-state index contributed by atoms with van der Waals surface area (Å²) in [6, 6.07) is 6.20. The average molecular weight is 227 g/mol. The first-order chi connectivity index (χ1) is 6.20. The van der Waals surface area contributed by atoms with E-state index >= 15 is 0 Å². The summed E-state index contributed by atoms with van der Waals surface area (Å²) >= 11 is 7.74. The van der Waals surface area contributed by atoms with Crippen LogP contribution in [-0.4, -0.2) is 6.26 Å². The molecule has 0 bridgehead atoms. The lowest BCUT2D eigenvalue weighted by Gasteiger charge is -2.00. The minimum Gasteiger partial charge on any atom is -0.391 e. The minimum atomic E-state index is 0.862. The number of hydrogen-bond donors (Lipinski definition) is 2. The predicted octanol–water partition coefficient (Wildman–Crippen LogP) is 3.49. The maximum atomic E-state index is 5.72. The molecule has 2 aromatic rings. The molecule has 0 saturated carbocycles. The first kappa shape index (κ1) is 9.24. The Morgan fingerprint density at radius 3 is 2.85 bits per heavy atom. The molecular formula is C9H9NS3. The fourth-order valence-electron chi connectivity index (χ4n) is 1.24. The van der Waals surface area contributed by atoms with E-state index in [1.54, 1.807) is 23.1 Å². The summed E-state index contributed by atoms with van der Waals surface area (Å²) in [5, 5.41) is 2.05. The van der Waals surface area contributed by atoms with E-state index in [2.05, 4.69) is 31.0 Å². The van der Waals surface area contributed by atoms with Gasteiger partial charge in [0.15, 0.2) is 0 Å². The molecule has 0 fully saturated rings. The van der Waals surface area contributed by atoms with Crippen molar-refractivity contribution in [2.75, 3.05) is 12.0 Å². The van der Waals surface area contributed by atoms with Gasteiger partial charge in [-0.25, -0.2) is 0 Å². The van der Waals surface area contributed by atoms with E-state index < -0.39 is 0 Å². The molecule has 2 N–H and O–H groups in total. The smallest absolute Gasteiger partial charge is 0.0868 e. The Hall–Kier alpha value is -0.320. The van der Waals surface area contributed by atoms with Gasteiger partial charge in [0.1, 0.15) is 0 Å². The second-order valence-electron chi connectivity index (χ2n) is 2.71. The summed E-state index contributed by atoms with van der Waals surface area (Å²) in [5.41, 5.74) is 5.72. The fraction of sp³-hybridized carbons (Fsp3) is 0.111. The van der Waals surface area contributed by atoms with Crippen LogP contribution in [0.5, 0.6) is 0 Å². The Bertz CT molecular complexity index is 447. The Kier molecular flexibility index (Phi) is 2.45. The molecule has 0 amide bonds. The number of thioether (sulfide) groups is 1. The first-order valence-corrected chi connectivity index (χ1v) is 6.25. The predicted molar refractivity (Wildman–Crippen MR) is 65.3 cm³/mol. The van der Waals surface area contributed by atoms with Crippen molar-refractivity contribution in [2.45, 2.75) is 9.79 Å². The molecule has 0 unspecified atom stereocenters. The molecule has 0 atom stereocenters. The van der Waals surface area contributed by atoms with E-state index in [1.165, 1.54) is 15.0 Å². The highest BCUT2D eigenvalue weighted by atomic mass is 32.2. The van der Waals surface area contributed by atoms with E-state index in [1.807, 2.05) is 6.07 Å². The minimum absolute atomic E-state index is 0.862. The van der Waals surface area contributed by atoms with E-state index in [-0.39, 0.29) is 0 Å². The molecule has 0 spiro atoms. The Morgan fingerprint density at radius 1 is 1.38 bits per heavy atom. The zero-order chi connectivity index (χ0) is 9.42. The van der Waals surface area contributed by atoms with Crippen LogP contribution < -0.4 is 5.73 Å². The van der Waals surface area contributed by atoms with Gasteiger partial charge in [-0.1, -0.05) is 0 Å². The topological polar surface area (TPSA) is 26.0 Å². The first-order valence-electron chi connectivity index (χ1n) is 3.76. The number of nitrogen functional groups attached to an aromatic ring is 1. The molecule has 0 aliphatic carbocycles. The van der Waals surface area contributed by atoms with Gasteiger partial charge in [0.05, 0.1) is 5.00 Å². The van der Waals surface area contributed by atoms with Crippen molar-refractivity contribution in [2.24, 2.45) is 0 Å². The van der Waals surface area contributed by atoms with E-state index in [9.17, 15) is 0 Å². The number of fused-ring (bicyclic) bond motifs is 1. The maximum absolute atomic E-state index is 5.72. The Labute approximate surface area is 90.7 Å². The highest BCUT2D eigenvalue weighted by Crippen LogP contribution is 2.34. The van der Waals surface area contributed by atoms with Crippen LogP contribution in [0.15, 0.2) is 28.0 Å². The van der Waals surface area contributed by atoms with Crippen LogP contribution in [0.1, 0.15) is 0 Å². The van der Waals surface area contributed by atoms with Gasteiger partial charge in [-0.05, 0) is 29.8 Å². The molecule has 68 valence electrons. The molecule has 1 nitrogen and oxygen atoms in total. The molecule has 0 aliphatic rings. The SMILES string of the molecule is CSc1cc2sc(N)cc2cc1S. The van der Waals surface area contributed by atoms with Gasteiger partial charge >= 0.3 is 0 Å². The maximum Gasteiger partial charge on any atom is 0.0868 e. The zero-order valence-corrected chi connectivity index (χ0v) is 9.60. The normalized spacial score (nSPS) is 10.9. The lowest BCUT2D eigenvalue weighted by molar-refractivity contribution is 1.30. The molecule has 13 heavy (non-hydrogen) atoms. The van der Waals surface area contributed by atoms with Crippen molar-refractivity contribution in [1.29, 1.82) is 0 Å². The number of anilines is 1. The molecule has 0 radical (unpaired) electrons. The lowest BCUT2D eigenvalue weighted by atomic mass is 10.3. The molecule has 1 aromatic heterocycles. The number of thiol groups is 1. The average Bonchev–Trinajstić information content (AvgIpc) is 2.42. The van der Waals surface area contributed by atoms with Crippen LogP contribution in [0.25, 0.3) is 10.1 Å². The van der Waals surface area contributed by atoms with Gasteiger partial charge in [0, 0.05) is 14.5 Å². The molecule has 0 aliphatic heterocycles. The van der Waals surface area contributed by atoms with Crippen molar-refractivity contribution in [1.82, 2.24) is 0 Å². The van der Waals surface area contributed by atoms with Gasteiger partial charge in [-0.15, -0.1) is 35.7 Å². The van der Waals surface area contributed by atoms with Crippen LogP contribution in [0.2, 0.25) is 0 Å². The highest BCUT2D eigenvalue weighted by Gasteiger charge is 2.03. The number of thiophene rings is 1. The van der Waals surface area contributed by atoms with Gasteiger partial charge < -0.3 is 5.73 Å². The van der Waals surface area contributed by atoms with E-state index in [0.29, 0.717) is 0 Å². The summed E-state index contributed by atoms with van der Waals surface area (Å²) in [6.45, 7) is 0. The van der Waals surface area contributed by atoms with E-state index in [0.717, 1.165) is 9.90 Å². The molecule has 0 saturated heterocycles. The second kappa shape index (κ2) is 3.44. The summed E-state index contributed by atoms with van der Waals surface area (Å²) in [7, 11) is 0. The quantitative estimate of drug-likeness (QED) is 0.576. The standard InChI is InChI=1S/C9H9NS3/c1-12-8-4-7-5(2-6(8)11)3-9(10)13-7/h2-4,11H,10H2,1H3. The Morgan fingerprint density at radius 2 is 2.15 bits per heavy atom. The number of benzene rings is 1. The summed E-state index contributed by atoms with van der Waals surface area (Å²) in [6.07, 6.45) is 2.05. The van der Waals surface area contributed by atoms with Gasteiger partial charge in [0.2, 0.25) is 0 Å². The van der Waals surface area contributed by atoms with Crippen molar-refractivity contribution in [3.05, 3.63) is 18.2 Å². The van der Waals surface area contributed by atoms with Gasteiger partial charge in [0.25, 0.3) is 0 Å². The molecule has 1 aromatic carbocycles. The summed E-state index contributed by atoms with van der Waals surface area (Å²) < 4.78 is 1.24.